The standard InChI is InChI=1S/C15H20N4O/c1-10-5-6-12(15(20)19(3)4)7-14(10)16-8-13-9-17-18-11(13)2/h5-7,9,16H,8H2,1-4H3,(H,17,18). The van der Waals surface area contributed by atoms with Gasteiger partial charge in [-0.25, -0.2) is 0 Å². The SMILES string of the molecule is Cc1ccc(C(=O)N(C)C)cc1NCc1cn[nH]c1C. The number of hydrogen-bond acceptors (Lipinski definition) is 3. The maximum absolute atomic E-state index is 12.0. The first-order chi connectivity index (χ1) is 9.49. The Morgan fingerprint density at radius 2 is 2.10 bits per heavy atom. The second-order valence-electron chi connectivity index (χ2n) is 5.10. The third-order valence-electron chi connectivity index (χ3n) is 3.29. The van der Waals surface area contributed by atoms with E-state index in [0.717, 1.165) is 22.5 Å². The molecule has 5 heteroatoms. The summed E-state index contributed by atoms with van der Waals surface area (Å²) in [6.45, 7) is 4.69. The quantitative estimate of drug-likeness (QED) is 0.898. The van der Waals surface area contributed by atoms with Crippen LogP contribution in [0.5, 0.6) is 0 Å². The molecule has 1 amide bonds. The van der Waals surface area contributed by atoms with E-state index in [1.54, 1.807) is 19.0 Å². The molecule has 0 fully saturated rings. The second kappa shape index (κ2) is 5.77. The number of aromatic amines is 1. The van der Waals surface area contributed by atoms with Gasteiger partial charge in [-0.1, -0.05) is 6.07 Å². The lowest BCUT2D eigenvalue weighted by atomic mass is 10.1. The fourth-order valence-corrected chi connectivity index (χ4v) is 1.95. The van der Waals surface area contributed by atoms with E-state index in [1.165, 1.54) is 0 Å². The topological polar surface area (TPSA) is 61.0 Å². The highest BCUT2D eigenvalue weighted by atomic mass is 16.2. The van der Waals surface area contributed by atoms with Crippen LogP contribution in [0.1, 0.15) is 27.2 Å². The normalized spacial score (nSPS) is 10.4. The van der Waals surface area contributed by atoms with Gasteiger partial charge in [0.25, 0.3) is 5.91 Å². The van der Waals surface area contributed by atoms with Crippen molar-refractivity contribution in [2.24, 2.45) is 0 Å². The maximum atomic E-state index is 12.0. The van der Waals surface area contributed by atoms with Crippen molar-refractivity contribution in [1.29, 1.82) is 0 Å². The number of amides is 1. The number of carbonyl (C=O) groups is 1. The van der Waals surface area contributed by atoms with Crippen molar-refractivity contribution >= 4 is 11.6 Å². The number of anilines is 1. The molecule has 0 aliphatic carbocycles. The molecule has 0 spiro atoms. The van der Waals surface area contributed by atoms with Gasteiger partial charge < -0.3 is 10.2 Å². The van der Waals surface area contributed by atoms with E-state index in [-0.39, 0.29) is 5.91 Å². The summed E-state index contributed by atoms with van der Waals surface area (Å²) in [5.74, 6) is 0.00698. The van der Waals surface area contributed by atoms with E-state index < -0.39 is 0 Å². The average Bonchev–Trinajstić information content (AvgIpc) is 2.82. The van der Waals surface area contributed by atoms with Crippen molar-refractivity contribution in [1.82, 2.24) is 15.1 Å². The van der Waals surface area contributed by atoms with Gasteiger partial charge in [0.05, 0.1) is 6.20 Å². The summed E-state index contributed by atoms with van der Waals surface area (Å²) in [6, 6.07) is 5.71. The number of hydrogen-bond donors (Lipinski definition) is 2. The molecule has 0 bridgehead atoms. The van der Waals surface area contributed by atoms with Gasteiger partial charge in [0.2, 0.25) is 0 Å². The molecular weight excluding hydrogens is 252 g/mol. The van der Waals surface area contributed by atoms with Crippen LogP contribution in [0.25, 0.3) is 0 Å². The molecule has 2 rings (SSSR count). The molecule has 0 atom stereocenters. The third-order valence-corrected chi connectivity index (χ3v) is 3.29. The molecule has 1 aromatic heterocycles. The highest BCUT2D eigenvalue weighted by Crippen LogP contribution is 2.19. The molecule has 0 unspecified atom stereocenters. The van der Waals surface area contributed by atoms with Gasteiger partial charge in [-0.15, -0.1) is 0 Å². The summed E-state index contributed by atoms with van der Waals surface area (Å²) >= 11 is 0. The lowest BCUT2D eigenvalue weighted by Gasteiger charge is -2.14. The van der Waals surface area contributed by atoms with Crippen LogP contribution in [0.3, 0.4) is 0 Å². The molecule has 0 saturated carbocycles. The van der Waals surface area contributed by atoms with E-state index in [2.05, 4.69) is 15.5 Å². The highest BCUT2D eigenvalue weighted by Gasteiger charge is 2.10. The summed E-state index contributed by atoms with van der Waals surface area (Å²) in [5, 5.41) is 10.3. The van der Waals surface area contributed by atoms with Gasteiger partial charge in [0, 0.05) is 43.1 Å². The number of aryl methyl sites for hydroxylation is 2. The fraction of sp³-hybridized carbons (Fsp3) is 0.333. The Kier molecular flexibility index (Phi) is 4.08. The second-order valence-corrected chi connectivity index (χ2v) is 5.10. The van der Waals surface area contributed by atoms with E-state index in [1.807, 2.05) is 38.2 Å². The van der Waals surface area contributed by atoms with Crippen molar-refractivity contribution in [2.75, 3.05) is 19.4 Å². The van der Waals surface area contributed by atoms with E-state index in [9.17, 15) is 4.79 Å². The van der Waals surface area contributed by atoms with Crippen molar-refractivity contribution in [3.63, 3.8) is 0 Å². The van der Waals surface area contributed by atoms with Crippen LogP contribution in [0.15, 0.2) is 24.4 Å². The van der Waals surface area contributed by atoms with E-state index >= 15 is 0 Å². The largest absolute Gasteiger partial charge is 0.381 e. The fourth-order valence-electron chi connectivity index (χ4n) is 1.95. The van der Waals surface area contributed by atoms with Gasteiger partial charge in [-0.3, -0.25) is 9.89 Å². The van der Waals surface area contributed by atoms with E-state index in [4.69, 9.17) is 0 Å². The molecule has 0 saturated heterocycles. The van der Waals surface area contributed by atoms with Crippen molar-refractivity contribution in [3.8, 4) is 0 Å². The molecule has 1 heterocycles. The van der Waals surface area contributed by atoms with Crippen LogP contribution in [0.2, 0.25) is 0 Å². The van der Waals surface area contributed by atoms with Gasteiger partial charge >= 0.3 is 0 Å². The Morgan fingerprint density at radius 1 is 1.35 bits per heavy atom. The molecule has 2 aromatic rings. The summed E-state index contributed by atoms with van der Waals surface area (Å²) in [7, 11) is 3.51. The van der Waals surface area contributed by atoms with Crippen LogP contribution in [0.4, 0.5) is 5.69 Å². The Morgan fingerprint density at radius 3 is 2.70 bits per heavy atom. The van der Waals surface area contributed by atoms with Gasteiger partial charge in [0.1, 0.15) is 0 Å². The van der Waals surface area contributed by atoms with Crippen LogP contribution >= 0.6 is 0 Å². The number of nitrogens with one attached hydrogen (secondary N) is 2. The van der Waals surface area contributed by atoms with E-state index in [0.29, 0.717) is 12.1 Å². The molecule has 0 radical (unpaired) electrons. The summed E-state index contributed by atoms with van der Waals surface area (Å²) in [6.07, 6.45) is 1.81. The first kappa shape index (κ1) is 14.1. The Hall–Kier alpha value is -2.30. The molecule has 1 aromatic carbocycles. The molecule has 106 valence electrons. The van der Waals surface area contributed by atoms with Crippen molar-refractivity contribution in [2.45, 2.75) is 20.4 Å². The van der Waals surface area contributed by atoms with Gasteiger partial charge in [-0.2, -0.15) is 5.10 Å². The Balaban J connectivity index is 2.17. The number of nitrogens with zero attached hydrogens (tertiary/aromatic N) is 2. The minimum absolute atomic E-state index is 0.00698. The predicted octanol–water partition coefficient (Wildman–Crippen LogP) is 2.34. The molecule has 0 aliphatic heterocycles. The number of aromatic nitrogens is 2. The Labute approximate surface area is 119 Å². The molecule has 0 aliphatic rings. The number of benzene rings is 1. The zero-order chi connectivity index (χ0) is 14.7. The first-order valence-corrected chi connectivity index (χ1v) is 6.54. The predicted molar refractivity (Wildman–Crippen MR) is 79.8 cm³/mol. The molecule has 2 N–H and O–H groups in total. The summed E-state index contributed by atoms with van der Waals surface area (Å²) < 4.78 is 0. The van der Waals surface area contributed by atoms with Crippen LogP contribution in [-0.2, 0) is 6.54 Å². The third kappa shape index (κ3) is 2.99. The smallest absolute Gasteiger partial charge is 0.253 e. The van der Waals surface area contributed by atoms with Crippen LogP contribution < -0.4 is 5.32 Å². The highest BCUT2D eigenvalue weighted by molar-refractivity contribution is 5.95. The van der Waals surface area contributed by atoms with Crippen molar-refractivity contribution in [3.05, 3.63) is 46.8 Å². The molecule has 5 nitrogen and oxygen atoms in total. The Bertz CT molecular complexity index is 616. The van der Waals surface area contributed by atoms with Crippen LogP contribution in [-0.4, -0.2) is 35.1 Å². The average molecular weight is 272 g/mol. The molecule has 20 heavy (non-hydrogen) atoms. The van der Waals surface area contributed by atoms with Gasteiger partial charge in [0.15, 0.2) is 0 Å². The number of H-pyrrole nitrogens is 1. The molecular formula is C15H20N4O. The lowest BCUT2D eigenvalue weighted by molar-refractivity contribution is 0.0827. The number of rotatable bonds is 4. The maximum Gasteiger partial charge on any atom is 0.253 e. The zero-order valence-electron chi connectivity index (χ0n) is 12.3. The first-order valence-electron chi connectivity index (χ1n) is 6.54. The minimum atomic E-state index is 0.00698. The minimum Gasteiger partial charge on any atom is -0.381 e. The summed E-state index contributed by atoms with van der Waals surface area (Å²) in [5.41, 5.74) is 4.94. The lowest BCUT2D eigenvalue weighted by Crippen LogP contribution is -2.21. The monoisotopic (exact) mass is 272 g/mol. The number of carbonyl (C=O) groups excluding carboxylic acids is 1. The van der Waals surface area contributed by atoms with Crippen LogP contribution in [0, 0.1) is 13.8 Å². The van der Waals surface area contributed by atoms with Crippen molar-refractivity contribution < 1.29 is 4.79 Å². The van der Waals surface area contributed by atoms with Gasteiger partial charge in [-0.05, 0) is 31.5 Å². The zero-order valence-corrected chi connectivity index (χ0v) is 12.3. The summed E-state index contributed by atoms with van der Waals surface area (Å²) in [4.78, 5) is 13.6.